The Balaban J connectivity index is 1.36. The molecule has 0 aliphatic carbocycles. The molecule has 4 aromatic rings. The van der Waals surface area contributed by atoms with Crippen molar-refractivity contribution in [3.8, 4) is 17.2 Å². The molecular formula is C19H15BrN4O2S2. The van der Waals surface area contributed by atoms with Gasteiger partial charge in [0.15, 0.2) is 5.13 Å². The highest BCUT2D eigenvalue weighted by molar-refractivity contribution is 9.10. The molecule has 0 unspecified atom stereocenters. The monoisotopic (exact) mass is 474 g/mol. The Kier molecular flexibility index (Phi) is 5.94. The van der Waals surface area contributed by atoms with Gasteiger partial charge in [-0.15, -0.1) is 21.5 Å². The van der Waals surface area contributed by atoms with E-state index >= 15 is 0 Å². The van der Waals surface area contributed by atoms with Crippen molar-refractivity contribution in [2.45, 2.75) is 11.0 Å². The number of rotatable bonds is 7. The van der Waals surface area contributed by atoms with Crippen molar-refractivity contribution < 1.29 is 9.15 Å². The summed E-state index contributed by atoms with van der Waals surface area (Å²) in [5.74, 6) is 1.97. The zero-order valence-corrected chi connectivity index (χ0v) is 18.0. The van der Waals surface area contributed by atoms with E-state index in [1.54, 1.807) is 18.4 Å². The summed E-state index contributed by atoms with van der Waals surface area (Å²) in [6.07, 6.45) is 0. The van der Waals surface area contributed by atoms with Crippen LogP contribution in [0.1, 0.15) is 5.69 Å². The lowest BCUT2D eigenvalue weighted by Gasteiger charge is -2.03. The number of aromatic nitrogens is 3. The van der Waals surface area contributed by atoms with Crippen LogP contribution in [0.15, 0.2) is 68.0 Å². The second kappa shape index (κ2) is 8.76. The molecular weight excluding hydrogens is 460 g/mol. The fraction of sp³-hybridized carbons (Fsp3) is 0.105. The van der Waals surface area contributed by atoms with Gasteiger partial charge >= 0.3 is 0 Å². The Morgan fingerprint density at radius 2 is 1.96 bits per heavy atom. The lowest BCUT2D eigenvalue weighted by Crippen LogP contribution is -1.90. The van der Waals surface area contributed by atoms with E-state index < -0.39 is 0 Å². The van der Waals surface area contributed by atoms with Gasteiger partial charge < -0.3 is 14.5 Å². The number of benzene rings is 2. The molecule has 9 heteroatoms. The molecule has 0 spiro atoms. The van der Waals surface area contributed by atoms with Gasteiger partial charge in [0.05, 0.1) is 18.4 Å². The lowest BCUT2D eigenvalue weighted by molar-refractivity contribution is 0.415. The van der Waals surface area contributed by atoms with Gasteiger partial charge in [0.2, 0.25) is 5.89 Å². The Morgan fingerprint density at radius 3 is 2.75 bits per heavy atom. The van der Waals surface area contributed by atoms with E-state index in [2.05, 4.69) is 36.4 Å². The summed E-state index contributed by atoms with van der Waals surface area (Å²) < 4.78 is 11.8. The van der Waals surface area contributed by atoms with Crippen molar-refractivity contribution in [3.63, 3.8) is 0 Å². The predicted molar refractivity (Wildman–Crippen MR) is 115 cm³/mol. The first kappa shape index (κ1) is 19.0. The normalized spacial score (nSPS) is 10.8. The van der Waals surface area contributed by atoms with E-state index in [1.165, 1.54) is 11.8 Å². The molecule has 0 amide bonds. The third-order valence-corrected chi connectivity index (χ3v) is 6.10. The highest BCUT2D eigenvalue weighted by Crippen LogP contribution is 2.31. The summed E-state index contributed by atoms with van der Waals surface area (Å²) in [5, 5.41) is 14.9. The van der Waals surface area contributed by atoms with Gasteiger partial charge in [-0.2, -0.15) is 0 Å². The second-order valence-corrected chi connectivity index (χ2v) is 8.28. The minimum absolute atomic E-state index is 0.495. The van der Waals surface area contributed by atoms with Crippen molar-refractivity contribution in [2.24, 2.45) is 0 Å². The maximum Gasteiger partial charge on any atom is 0.277 e. The summed E-state index contributed by atoms with van der Waals surface area (Å²) in [6, 6.07) is 15.5. The Bertz CT molecular complexity index is 1070. The molecule has 0 atom stereocenters. The average molecular weight is 475 g/mol. The first-order valence-electron chi connectivity index (χ1n) is 8.28. The van der Waals surface area contributed by atoms with E-state index in [9.17, 15) is 0 Å². The number of nitrogens with zero attached hydrogens (tertiary/aromatic N) is 3. The van der Waals surface area contributed by atoms with Crippen molar-refractivity contribution >= 4 is 49.8 Å². The number of thioether (sulfide) groups is 1. The van der Waals surface area contributed by atoms with Gasteiger partial charge in [-0.3, -0.25) is 0 Å². The van der Waals surface area contributed by atoms with Crippen molar-refractivity contribution in [1.82, 2.24) is 15.2 Å². The minimum Gasteiger partial charge on any atom is -0.497 e. The molecule has 0 aliphatic rings. The van der Waals surface area contributed by atoms with Crippen LogP contribution < -0.4 is 10.1 Å². The van der Waals surface area contributed by atoms with E-state index in [-0.39, 0.29) is 0 Å². The molecule has 0 aliphatic heterocycles. The van der Waals surface area contributed by atoms with E-state index in [4.69, 9.17) is 9.15 Å². The summed E-state index contributed by atoms with van der Waals surface area (Å²) in [6.45, 7) is 0. The molecule has 1 N–H and O–H groups in total. The standard InChI is InChI=1S/C19H15BrN4O2S2/c1-25-14-8-6-12(7-9-14)21-18-22-13(10-27-18)11-28-19-24-23-17(26-19)15-4-2-3-5-16(15)20/h2-10H,11H2,1H3,(H,21,22). The van der Waals surface area contributed by atoms with E-state index in [1.807, 2.05) is 53.9 Å². The molecule has 0 saturated carbocycles. The van der Waals surface area contributed by atoms with Crippen LogP contribution in [0.2, 0.25) is 0 Å². The molecule has 2 aromatic carbocycles. The molecule has 142 valence electrons. The summed E-state index contributed by atoms with van der Waals surface area (Å²) in [7, 11) is 1.65. The van der Waals surface area contributed by atoms with Gasteiger partial charge in [-0.1, -0.05) is 23.9 Å². The van der Waals surface area contributed by atoms with Crippen molar-refractivity contribution in [1.29, 1.82) is 0 Å². The van der Waals surface area contributed by atoms with Crippen LogP contribution in [-0.4, -0.2) is 22.3 Å². The molecule has 0 fully saturated rings. The summed E-state index contributed by atoms with van der Waals surface area (Å²) in [4.78, 5) is 4.60. The number of anilines is 2. The fourth-order valence-electron chi connectivity index (χ4n) is 2.38. The highest BCUT2D eigenvalue weighted by atomic mass is 79.9. The first-order chi connectivity index (χ1) is 13.7. The Labute approximate surface area is 178 Å². The number of thiazole rings is 1. The quantitative estimate of drug-likeness (QED) is 0.329. The second-order valence-electron chi connectivity index (χ2n) is 5.64. The first-order valence-corrected chi connectivity index (χ1v) is 10.9. The molecule has 2 heterocycles. The van der Waals surface area contributed by atoms with Crippen LogP contribution in [-0.2, 0) is 5.75 Å². The topological polar surface area (TPSA) is 73.1 Å². The number of hydrogen-bond donors (Lipinski definition) is 1. The van der Waals surface area contributed by atoms with E-state index in [0.29, 0.717) is 16.9 Å². The van der Waals surface area contributed by atoms with E-state index in [0.717, 1.165) is 32.3 Å². The van der Waals surface area contributed by atoms with Gasteiger partial charge in [0, 0.05) is 21.3 Å². The van der Waals surface area contributed by atoms with Crippen molar-refractivity contribution in [2.75, 3.05) is 12.4 Å². The van der Waals surface area contributed by atoms with Gasteiger partial charge in [-0.05, 0) is 52.3 Å². The fourth-order valence-corrected chi connectivity index (χ4v) is 4.32. The van der Waals surface area contributed by atoms with Gasteiger partial charge in [0.1, 0.15) is 5.75 Å². The maximum absolute atomic E-state index is 5.76. The zero-order valence-electron chi connectivity index (χ0n) is 14.8. The van der Waals surface area contributed by atoms with Gasteiger partial charge in [-0.25, -0.2) is 4.98 Å². The van der Waals surface area contributed by atoms with Crippen LogP contribution in [0.4, 0.5) is 10.8 Å². The average Bonchev–Trinajstić information content (AvgIpc) is 3.37. The Morgan fingerprint density at radius 1 is 1.14 bits per heavy atom. The lowest BCUT2D eigenvalue weighted by atomic mass is 10.2. The largest absolute Gasteiger partial charge is 0.497 e. The smallest absolute Gasteiger partial charge is 0.277 e. The molecule has 6 nitrogen and oxygen atoms in total. The van der Waals surface area contributed by atoms with Crippen LogP contribution >= 0.6 is 39.0 Å². The van der Waals surface area contributed by atoms with Crippen LogP contribution in [0.25, 0.3) is 11.5 Å². The molecule has 0 saturated heterocycles. The number of hydrogen-bond acceptors (Lipinski definition) is 8. The third-order valence-electron chi connectivity index (χ3n) is 3.75. The maximum atomic E-state index is 5.76. The summed E-state index contributed by atoms with van der Waals surface area (Å²) in [5.41, 5.74) is 2.79. The summed E-state index contributed by atoms with van der Waals surface area (Å²) >= 11 is 6.52. The van der Waals surface area contributed by atoms with Crippen LogP contribution in [0.3, 0.4) is 0 Å². The SMILES string of the molecule is COc1ccc(Nc2nc(CSc3nnc(-c4ccccc4Br)o3)cs2)cc1. The predicted octanol–water partition coefficient (Wildman–Crippen LogP) is 6.00. The molecule has 2 aromatic heterocycles. The number of methoxy groups -OCH3 is 1. The van der Waals surface area contributed by atoms with Crippen LogP contribution in [0.5, 0.6) is 5.75 Å². The number of halogens is 1. The number of ether oxygens (including phenoxy) is 1. The number of nitrogens with one attached hydrogen (secondary N) is 1. The van der Waals surface area contributed by atoms with Crippen molar-refractivity contribution in [3.05, 3.63) is 64.1 Å². The molecule has 28 heavy (non-hydrogen) atoms. The Hall–Kier alpha value is -2.36. The molecule has 0 bridgehead atoms. The molecule has 0 radical (unpaired) electrons. The van der Waals surface area contributed by atoms with Crippen LogP contribution in [0, 0.1) is 0 Å². The van der Waals surface area contributed by atoms with Gasteiger partial charge in [0.25, 0.3) is 5.22 Å². The highest BCUT2D eigenvalue weighted by Gasteiger charge is 2.12. The minimum atomic E-state index is 0.495. The molecule has 4 rings (SSSR count). The zero-order chi connectivity index (χ0) is 19.3. The third kappa shape index (κ3) is 4.54.